The summed E-state index contributed by atoms with van der Waals surface area (Å²) >= 11 is 3.91. The maximum Gasteiger partial charge on any atom is 0.147 e. The van der Waals surface area contributed by atoms with Crippen LogP contribution >= 0.6 is 12.6 Å². The van der Waals surface area contributed by atoms with E-state index in [1.807, 2.05) is 6.92 Å². The first-order valence-electron chi connectivity index (χ1n) is 1.48. The minimum Gasteiger partial charge on any atom is -0.417 e. The van der Waals surface area contributed by atoms with Crippen LogP contribution in [0.3, 0.4) is 0 Å². The second-order valence-electron chi connectivity index (χ2n) is 0.835. The molecule has 0 rings (SSSR count). The van der Waals surface area contributed by atoms with Crippen LogP contribution in [-0.2, 0) is 4.43 Å². The van der Waals surface area contributed by atoms with E-state index < -0.39 is 0 Å². The smallest absolute Gasteiger partial charge is 0.147 e. The third-order valence-electron chi connectivity index (χ3n) is 0.341. The van der Waals surface area contributed by atoms with Crippen LogP contribution in [0.15, 0.2) is 0 Å². The fourth-order valence-electron chi connectivity index (χ4n) is 0. The summed E-state index contributed by atoms with van der Waals surface area (Å²) in [5, 5.41) is 0. The van der Waals surface area contributed by atoms with E-state index >= 15 is 0 Å². The zero-order valence-electron chi connectivity index (χ0n) is 3.43. The lowest BCUT2D eigenvalue weighted by atomic mass is 10.9. The first-order chi connectivity index (χ1) is 2.27. The van der Waals surface area contributed by atoms with Gasteiger partial charge in [-0.05, 0) is 6.92 Å². The van der Waals surface area contributed by atoms with Gasteiger partial charge in [-0.25, -0.2) is 0 Å². The highest BCUT2D eigenvalue weighted by Crippen LogP contribution is 1.87. The van der Waals surface area contributed by atoms with Gasteiger partial charge < -0.3 is 4.43 Å². The van der Waals surface area contributed by atoms with E-state index in [0.717, 1.165) is 10.5 Å². The van der Waals surface area contributed by atoms with E-state index in [0.29, 0.717) is 0 Å². The highest BCUT2D eigenvalue weighted by Gasteiger charge is 1.78. The van der Waals surface area contributed by atoms with Crippen LogP contribution in [0.4, 0.5) is 0 Å². The van der Waals surface area contributed by atoms with Gasteiger partial charge in [-0.1, -0.05) is 0 Å². The van der Waals surface area contributed by atoms with Crippen molar-refractivity contribution in [2.45, 2.75) is 12.4 Å². The Labute approximate surface area is 40.7 Å². The summed E-state index contributed by atoms with van der Waals surface area (Å²) in [6.07, 6.45) is 0. The molecule has 0 aromatic heterocycles. The predicted molar refractivity (Wildman–Crippen MR) is 29.5 cm³/mol. The number of thiol groups is 1. The normalized spacial score (nSPS) is 15.6. The molecule has 0 bridgehead atoms. The quantitative estimate of drug-likeness (QED) is 0.272. The molecule has 0 spiro atoms. The molecule has 0 aliphatic heterocycles. The molecule has 0 saturated heterocycles. The molecule has 0 amide bonds. The fourth-order valence-corrected chi connectivity index (χ4v) is 0. The van der Waals surface area contributed by atoms with Gasteiger partial charge in [0.05, 0.1) is 5.44 Å². The monoisotopic (exact) mass is 108 g/mol. The molecular weight excluding hydrogens is 100 g/mol. The lowest BCUT2D eigenvalue weighted by Crippen LogP contribution is -1.92. The highest BCUT2D eigenvalue weighted by molar-refractivity contribution is 7.80. The van der Waals surface area contributed by atoms with E-state index in [1.54, 1.807) is 0 Å². The van der Waals surface area contributed by atoms with Gasteiger partial charge in [0.15, 0.2) is 0 Å². The van der Waals surface area contributed by atoms with Gasteiger partial charge in [-0.3, -0.25) is 0 Å². The zero-order chi connectivity index (χ0) is 4.28. The van der Waals surface area contributed by atoms with Crippen LogP contribution in [0, 0.1) is 0 Å². The van der Waals surface area contributed by atoms with Crippen molar-refractivity contribution in [3.8, 4) is 0 Å². The maximum atomic E-state index is 4.75. The van der Waals surface area contributed by atoms with Crippen molar-refractivity contribution in [3.63, 3.8) is 0 Å². The van der Waals surface area contributed by atoms with Gasteiger partial charge in [0.2, 0.25) is 0 Å². The molecule has 0 N–H and O–H groups in total. The number of hydrogen-bond acceptors (Lipinski definition) is 2. The van der Waals surface area contributed by atoms with Gasteiger partial charge in [-0.2, -0.15) is 0 Å². The third kappa shape index (κ3) is 4.53. The van der Waals surface area contributed by atoms with Crippen molar-refractivity contribution in [1.29, 1.82) is 0 Å². The van der Waals surface area contributed by atoms with E-state index in [1.165, 1.54) is 0 Å². The van der Waals surface area contributed by atoms with Crippen LogP contribution in [0.1, 0.15) is 6.92 Å². The van der Waals surface area contributed by atoms with Crippen molar-refractivity contribution in [2.24, 2.45) is 0 Å². The Morgan fingerprint density at radius 3 is 2.20 bits per heavy atom. The minimum atomic E-state index is 0.140. The van der Waals surface area contributed by atoms with Gasteiger partial charge in [0, 0.05) is 0 Å². The van der Waals surface area contributed by atoms with E-state index in [9.17, 15) is 0 Å². The Kier molecular flexibility index (Phi) is 3.04. The van der Waals surface area contributed by atoms with Gasteiger partial charge >= 0.3 is 0 Å². The van der Waals surface area contributed by atoms with Gasteiger partial charge in [0.25, 0.3) is 0 Å². The predicted octanol–water partition coefficient (Wildman–Crippen LogP) is -0.441. The number of rotatable bonds is 1. The Morgan fingerprint density at radius 1 is 2.00 bits per heavy atom. The van der Waals surface area contributed by atoms with E-state index in [4.69, 9.17) is 4.43 Å². The summed E-state index contributed by atoms with van der Waals surface area (Å²) in [5.74, 6) is 0. The lowest BCUT2D eigenvalue weighted by molar-refractivity contribution is 0.342. The van der Waals surface area contributed by atoms with Crippen molar-refractivity contribution >= 4 is 23.1 Å². The lowest BCUT2D eigenvalue weighted by Gasteiger charge is -1.94. The molecule has 1 atom stereocenters. The summed E-state index contributed by atoms with van der Waals surface area (Å²) in [6.45, 7) is 1.90. The Hall–Kier alpha value is 0.527. The molecule has 0 heterocycles. The molecule has 0 radical (unpaired) electrons. The molecule has 5 heavy (non-hydrogen) atoms. The minimum absolute atomic E-state index is 0.140. The van der Waals surface area contributed by atoms with Crippen molar-refractivity contribution < 1.29 is 4.43 Å². The van der Waals surface area contributed by atoms with Crippen LogP contribution in [-0.4, -0.2) is 15.9 Å². The van der Waals surface area contributed by atoms with Gasteiger partial charge in [-0.15, -0.1) is 12.6 Å². The Balaban J connectivity index is 2.54. The highest BCUT2D eigenvalue weighted by atomic mass is 32.1. The third-order valence-corrected chi connectivity index (χ3v) is 1.66. The van der Waals surface area contributed by atoms with Crippen molar-refractivity contribution in [3.05, 3.63) is 0 Å². The maximum absolute atomic E-state index is 4.75. The standard InChI is InChI=1S/C2H8OSSi/c1-2(4)3-5/h2,4H,1,5H3. The van der Waals surface area contributed by atoms with Crippen LogP contribution in [0.5, 0.6) is 0 Å². The first kappa shape index (κ1) is 5.53. The molecule has 0 aliphatic rings. The molecule has 0 aliphatic carbocycles. The molecule has 32 valence electrons. The molecule has 1 nitrogen and oxygen atoms in total. The summed E-state index contributed by atoms with van der Waals surface area (Å²) in [5.41, 5.74) is 0.140. The summed E-state index contributed by atoms with van der Waals surface area (Å²) < 4.78 is 4.75. The summed E-state index contributed by atoms with van der Waals surface area (Å²) in [6, 6.07) is 0. The SMILES string of the molecule is CC(S)O[SiH3]. The molecule has 0 saturated carbocycles. The van der Waals surface area contributed by atoms with Crippen LogP contribution in [0.25, 0.3) is 0 Å². The largest absolute Gasteiger partial charge is 0.417 e. The molecule has 3 heteroatoms. The molecule has 0 fully saturated rings. The first-order valence-corrected chi connectivity index (χ1v) is 2.81. The van der Waals surface area contributed by atoms with E-state index in [-0.39, 0.29) is 5.44 Å². The summed E-state index contributed by atoms with van der Waals surface area (Å²) in [7, 11) is 0.797. The molecule has 0 aromatic rings. The Morgan fingerprint density at radius 2 is 2.20 bits per heavy atom. The number of hydrogen-bond donors (Lipinski definition) is 1. The second kappa shape index (κ2) is 2.75. The Bertz CT molecular complexity index is 23.6. The average Bonchev–Trinajstić information content (AvgIpc) is 1.38. The van der Waals surface area contributed by atoms with E-state index in [2.05, 4.69) is 12.6 Å². The molecular formula is C2H8OSSi. The van der Waals surface area contributed by atoms with Gasteiger partial charge in [0.1, 0.15) is 10.5 Å². The summed E-state index contributed by atoms with van der Waals surface area (Å²) in [4.78, 5) is 0. The molecule has 1 unspecified atom stereocenters. The van der Waals surface area contributed by atoms with Crippen molar-refractivity contribution in [1.82, 2.24) is 0 Å². The zero-order valence-corrected chi connectivity index (χ0v) is 6.33. The topological polar surface area (TPSA) is 9.23 Å². The average molecular weight is 108 g/mol. The van der Waals surface area contributed by atoms with Crippen molar-refractivity contribution in [2.75, 3.05) is 0 Å². The fraction of sp³-hybridized carbons (Fsp3) is 1.00. The van der Waals surface area contributed by atoms with Crippen LogP contribution in [0.2, 0.25) is 0 Å². The molecule has 0 aromatic carbocycles. The second-order valence-corrected chi connectivity index (χ2v) is 2.03. The van der Waals surface area contributed by atoms with Crippen LogP contribution < -0.4 is 0 Å².